The Bertz CT molecular complexity index is 646. The minimum absolute atomic E-state index is 0.135. The number of hydrogen-bond acceptors (Lipinski definition) is 2. The average Bonchev–Trinajstić information content (AvgIpc) is 2.48. The molecule has 0 aromatic heterocycles. The van der Waals surface area contributed by atoms with Crippen LogP contribution in [-0.2, 0) is 6.54 Å². The molecule has 2 aromatic rings. The summed E-state index contributed by atoms with van der Waals surface area (Å²) in [7, 11) is 0. The van der Waals surface area contributed by atoms with Crippen molar-refractivity contribution in [2.75, 3.05) is 6.61 Å². The van der Waals surface area contributed by atoms with Crippen molar-refractivity contribution in [3.63, 3.8) is 0 Å². The van der Waals surface area contributed by atoms with E-state index < -0.39 is 0 Å². The second-order valence-electron chi connectivity index (χ2n) is 4.39. The predicted octanol–water partition coefficient (Wildman–Crippen LogP) is 4.27. The van der Waals surface area contributed by atoms with Crippen molar-refractivity contribution >= 4 is 40.1 Å². The van der Waals surface area contributed by atoms with Gasteiger partial charge < -0.3 is 10.1 Å². The van der Waals surface area contributed by atoms with Crippen molar-refractivity contribution < 1.29 is 9.53 Å². The van der Waals surface area contributed by atoms with E-state index in [0.29, 0.717) is 23.7 Å². The van der Waals surface area contributed by atoms with E-state index in [2.05, 4.69) is 27.9 Å². The number of nitrogens with one attached hydrogen (secondary N) is 1. The first-order valence-corrected chi connectivity index (χ1v) is 8.01. The summed E-state index contributed by atoms with van der Waals surface area (Å²) >= 11 is 8.06. The van der Waals surface area contributed by atoms with Crippen LogP contribution in [0.2, 0.25) is 5.02 Å². The Morgan fingerprint density at radius 2 is 2.10 bits per heavy atom. The Balaban J connectivity index is 2.04. The van der Waals surface area contributed by atoms with Crippen molar-refractivity contribution in [3.8, 4) is 5.75 Å². The molecular formula is C16H15ClINO2. The van der Waals surface area contributed by atoms with Crippen LogP contribution in [0.4, 0.5) is 0 Å². The first-order chi connectivity index (χ1) is 10.1. The fourth-order valence-electron chi connectivity index (χ4n) is 1.86. The van der Waals surface area contributed by atoms with Gasteiger partial charge in [0.1, 0.15) is 5.75 Å². The van der Waals surface area contributed by atoms with E-state index in [4.69, 9.17) is 16.3 Å². The minimum Gasteiger partial charge on any atom is -0.494 e. The molecule has 0 atom stereocenters. The second kappa shape index (κ2) is 7.66. The number of carbonyl (C=O) groups excluding carboxylic acids is 1. The normalized spacial score (nSPS) is 10.2. The Morgan fingerprint density at radius 1 is 1.29 bits per heavy atom. The lowest BCUT2D eigenvalue weighted by molar-refractivity contribution is 0.0950. The van der Waals surface area contributed by atoms with Crippen LogP contribution in [-0.4, -0.2) is 12.5 Å². The molecule has 0 saturated carbocycles. The molecule has 110 valence electrons. The van der Waals surface area contributed by atoms with Crippen molar-refractivity contribution in [2.24, 2.45) is 0 Å². The zero-order valence-electron chi connectivity index (χ0n) is 11.5. The first kappa shape index (κ1) is 16.1. The molecule has 0 bridgehead atoms. The average molecular weight is 416 g/mol. The lowest BCUT2D eigenvalue weighted by atomic mass is 10.2. The van der Waals surface area contributed by atoms with Gasteiger partial charge in [-0.05, 0) is 65.4 Å². The molecule has 0 aliphatic carbocycles. The molecule has 1 N–H and O–H groups in total. The van der Waals surface area contributed by atoms with Crippen LogP contribution in [0.25, 0.3) is 0 Å². The molecule has 0 aliphatic rings. The highest BCUT2D eigenvalue weighted by Crippen LogP contribution is 2.18. The highest BCUT2D eigenvalue weighted by atomic mass is 127. The lowest BCUT2D eigenvalue weighted by Gasteiger charge is -2.09. The third kappa shape index (κ3) is 4.61. The van der Waals surface area contributed by atoms with Gasteiger partial charge in [0.15, 0.2) is 0 Å². The monoisotopic (exact) mass is 415 g/mol. The maximum Gasteiger partial charge on any atom is 0.252 e. The van der Waals surface area contributed by atoms with Gasteiger partial charge in [-0.25, -0.2) is 0 Å². The third-order valence-corrected chi connectivity index (χ3v) is 4.01. The van der Waals surface area contributed by atoms with Crippen molar-refractivity contribution in [1.82, 2.24) is 5.32 Å². The van der Waals surface area contributed by atoms with E-state index in [1.54, 1.807) is 12.1 Å². The quantitative estimate of drug-likeness (QED) is 0.741. The zero-order chi connectivity index (χ0) is 15.2. The van der Waals surface area contributed by atoms with E-state index in [-0.39, 0.29) is 5.91 Å². The minimum atomic E-state index is -0.135. The van der Waals surface area contributed by atoms with Crippen LogP contribution in [0.3, 0.4) is 0 Å². The molecular weight excluding hydrogens is 401 g/mol. The summed E-state index contributed by atoms with van der Waals surface area (Å²) in [4.78, 5) is 12.2. The summed E-state index contributed by atoms with van der Waals surface area (Å²) in [5.41, 5.74) is 1.58. The highest BCUT2D eigenvalue weighted by Gasteiger charge is 2.10. The summed E-state index contributed by atoms with van der Waals surface area (Å²) in [6.07, 6.45) is 0. The summed E-state index contributed by atoms with van der Waals surface area (Å²) in [5.74, 6) is 0.672. The van der Waals surface area contributed by atoms with E-state index in [1.165, 1.54) is 0 Å². The molecule has 0 heterocycles. The molecule has 2 aromatic carbocycles. The standard InChI is InChI=1S/C16H15ClINO2/c1-2-21-13-5-3-4-11(8-13)10-19-16(20)14-9-12(17)6-7-15(14)18/h3-9H,2,10H2,1H3,(H,19,20). The number of benzene rings is 2. The van der Waals surface area contributed by atoms with Crippen LogP contribution in [0.5, 0.6) is 5.75 Å². The molecule has 21 heavy (non-hydrogen) atoms. The Labute approximate surface area is 142 Å². The molecule has 0 fully saturated rings. The molecule has 0 aliphatic heterocycles. The van der Waals surface area contributed by atoms with Crippen molar-refractivity contribution in [3.05, 3.63) is 62.2 Å². The van der Waals surface area contributed by atoms with E-state index in [9.17, 15) is 4.79 Å². The summed E-state index contributed by atoms with van der Waals surface area (Å²) < 4.78 is 6.31. The molecule has 0 unspecified atom stereocenters. The number of hydrogen-bond donors (Lipinski definition) is 1. The molecule has 5 heteroatoms. The highest BCUT2D eigenvalue weighted by molar-refractivity contribution is 14.1. The fraction of sp³-hybridized carbons (Fsp3) is 0.188. The Kier molecular flexibility index (Phi) is 5.87. The number of carbonyl (C=O) groups is 1. The number of halogens is 2. The van der Waals surface area contributed by atoms with Crippen LogP contribution in [0, 0.1) is 3.57 Å². The number of ether oxygens (including phenoxy) is 1. The molecule has 3 nitrogen and oxygen atoms in total. The summed E-state index contributed by atoms with van der Waals surface area (Å²) in [5, 5.41) is 3.45. The largest absolute Gasteiger partial charge is 0.494 e. The van der Waals surface area contributed by atoms with Gasteiger partial charge in [-0.15, -0.1) is 0 Å². The van der Waals surface area contributed by atoms with Crippen molar-refractivity contribution in [2.45, 2.75) is 13.5 Å². The van der Waals surface area contributed by atoms with Crippen LogP contribution >= 0.6 is 34.2 Å². The first-order valence-electron chi connectivity index (χ1n) is 6.55. The van der Waals surface area contributed by atoms with Crippen LogP contribution < -0.4 is 10.1 Å². The Hall–Kier alpha value is -1.27. The molecule has 1 amide bonds. The summed E-state index contributed by atoms with van der Waals surface area (Å²) in [6.45, 7) is 3.01. The maximum atomic E-state index is 12.2. The Morgan fingerprint density at radius 3 is 2.86 bits per heavy atom. The lowest BCUT2D eigenvalue weighted by Crippen LogP contribution is -2.23. The smallest absolute Gasteiger partial charge is 0.252 e. The summed E-state index contributed by atoms with van der Waals surface area (Å²) in [6, 6.07) is 13.0. The van der Waals surface area contributed by atoms with Crippen LogP contribution in [0.15, 0.2) is 42.5 Å². The van der Waals surface area contributed by atoms with Gasteiger partial charge in [0.05, 0.1) is 12.2 Å². The van der Waals surface area contributed by atoms with E-state index in [1.807, 2.05) is 37.3 Å². The van der Waals surface area contributed by atoms with E-state index in [0.717, 1.165) is 14.9 Å². The number of rotatable bonds is 5. The van der Waals surface area contributed by atoms with Gasteiger partial charge in [-0.2, -0.15) is 0 Å². The number of amides is 1. The predicted molar refractivity (Wildman–Crippen MR) is 93.0 cm³/mol. The zero-order valence-corrected chi connectivity index (χ0v) is 14.4. The third-order valence-electron chi connectivity index (χ3n) is 2.84. The van der Waals surface area contributed by atoms with Gasteiger partial charge in [0.2, 0.25) is 0 Å². The SMILES string of the molecule is CCOc1cccc(CNC(=O)c2cc(Cl)ccc2I)c1. The fourth-order valence-corrected chi connectivity index (χ4v) is 2.61. The van der Waals surface area contributed by atoms with Crippen molar-refractivity contribution in [1.29, 1.82) is 0 Å². The van der Waals surface area contributed by atoms with Gasteiger partial charge in [-0.1, -0.05) is 23.7 Å². The van der Waals surface area contributed by atoms with Gasteiger partial charge in [0, 0.05) is 15.1 Å². The molecule has 2 rings (SSSR count). The second-order valence-corrected chi connectivity index (χ2v) is 5.99. The van der Waals surface area contributed by atoms with Gasteiger partial charge >= 0.3 is 0 Å². The van der Waals surface area contributed by atoms with Gasteiger partial charge in [0.25, 0.3) is 5.91 Å². The van der Waals surface area contributed by atoms with E-state index >= 15 is 0 Å². The maximum absolute atomic E-state index is 12.2. The topological polar surface area (TPSA) is 38.3 Å². The molecule has 0 radical (unpaired) electrons. The van der Waals surface area contributed by atoms with Crippen LogP contribution in [0.1, 0.15) is 22.8 Å². The van der Waals surface area contributed by atoms with Gasteiger partial charge in [-0.3, -0.25) is 4.79 Å². The molecule has 0 spiro atoms. The molecule has 0 saturated heterocycles.